The number of thiophene rings is 1. The number of nitro groups is 1. The van der Waals surface area contributed by atoms with Crippen molar-refractivity contribution in [1.82, 2.24) is 0 Å². The van der Waals surface area contributed by atoms with Crippen LogP contribution in [-0.2, 0) is 16.5 Å². The third kappa shape index (κ3) is 2.08. The van der Waals surface area contributed by atoms with Crippen LogP contribution in [0, 0.1) is 10.1 Å². The predicted octanol–water partition coefficient (Wildman–Crippen LogP) is 1.47. The summed E-state index contributed by atoms with van der Waals surface area (Å²) in [5.41, 5.74) is -0.259. The Kier molecular flexibility index (Phi) is 2.88. The summed E-state index contributed by atoms with van der Waals surface area (Å²) in [6.45, 7) is 1.67. The monoisotopic (exact) mass is 237 g/mol. The highest BCUT2D eigenvalue weighted by Crippen LogP contribution is 2.32. The first-order chi connectivity index (χ1) is 6.36. The maximum absolute atomic E-state index is 10.7. The van der Waals surface area contributed by atoms with E-state index in [-0.39, 0.29) is 9.90 Å². The van der Waals surface area contributed by atoms with E-state index in [1.807, 2.05) is 0 Å². The van der Waals surface area contributed by atoms with E-state index in [2.05, 4.69) is 0 Å². The van der Waals surface area contributed by atoms with Crippen LogP contribution >= 0.6 is 11.3 Å². The zero-order valence-corrected chi connectivity index (χ0v) is 8.76. The molecule has 0 aliphatic heterocycles. The minimum atomic E-state index is -4.33. The Balaban J connectivity index is 3.34. The Labute approximate surface area is 84.1 Å². The molecular formula is C6H7NO5S2. The van der Waals surface area contributed by atoms with Crippen LogP contribution in [0.2, 0.25) is 0 Å². The van der Waals surface area contributed by atoms with Crippen molar-refractivity contribution in [2.24, 2.45) is 0 Å². The van der Waals surface area contributed by atoms with Crippen molar-refractivity contribution >= 4 is 27.1 Å². The van der Waals surface area contributed by atoms with Crippen molar-refractivity contribution in [3.8, 4) is 0 Å². The van der Waals surface area contributed by atoms with Crippen LogP contribution in [0.3, 0.4) is 0 Å². The van der Waals surface area contributed by atoms with Gasteiger partial charge in [-0.3, -0.25) is 14.7 Å². The lowest BCUT2D eigenvalue weighted by atomic mass is 10.3. The van der Waals surface area contributed by atoms with E-state index in [9.17, 15) is 18.5 Å². The Hall–Kier alpha value is -0.990. The lowest BCUT2D eigenvalue weighted by Crippen LogP contribution is -1.93. The summed E-state index contributed by atoms with van der Waals surface area (Å²) in [5, 5.41) is 10.5. The molecule has 0 aliphatic rings. The molecule has 1 rings (SSSR count). The predicted molar refractivity (Wildman–Crippen MR) is 50.2 cm³/mol. The number of aryl methyl sites for hydroxylation is 1. The van der Waals surface area contributed by atoms with Crippen molar-refractivity contribution in [3.63, 3.8) is 0 Å². The molecule has 0 aromatic carbocycles. The Bertz CT molecular complexity index is 461. The summed E-state index contributed by atoms with van der Waals surface area (Å²) in [5.74, 6) is 0. The summed E-state index contributed by atoms with van der Waals surface area (Å²) < 4.78 is 29.6. The Morgan fingerprint density at radius 2 is 2.21 bits per heavy atom. The van der Waals surface area contributed by atoms with Gasteiger partial charge >= 0.3 is 10.1 Å². The molecule has 0 radical (unpaired) electrons. The first-order valence-electron chi connectivity index (χ1n) is 3.61. The van der Waals surface area contributed by atoms with Gasteiger partial charge in [-0.1, -0.05) is 6.92 Å². The summed E-state index contributed by atoms with van der Waals surface area (Å²) in [6, 6.07) is 0.874. The smallest absolute Gasteiger partial charge is 0.281 e. The maximum Gasteiger partial charge on any atom is 0.304 e. The minimum Gasteiger partial charge on any atom is -0.281 e. The van der Waals surface area contributed by atoms with Crippen molar-refractivity contribution in [3.05, 3.63) is 21.1 Å². The van der Waals surface area contributed by atoms with E-state index in [4.69, 9.17) is 4.55 Å². The fourth-order valence-corrected chi connectivity index (χ4v) is 2.71. The molecule has 6 nitrogen and oxygen atoms in total. The summed E-state index contributed by atoms with van der Waals surface area (Å²) in [6.07, 6.45) is 0.358. The van der Waals surface area contributed by atoms with Gasteiger partial charge in [0.1, 0.15) is 0 Å². The average Bonchev–Trinajstić information content (AvgIpc) is 2.45. The second kappa shape index (κ2) is 3.64. The van der Waals surface area contributed by atoms with Crippen LogP contribution < -0.4 is 0 Å². The fraction of sp³-hybridized carbons (Fsp3) is 0.333. The average molecular weight is 237 g/mol. The second-order valence-electron chi connectivity index (χ2n) is 2.46. The van der Waals surface area contributed by atoms with Gasteiger partial charge in [-0.15, -0.1) is 11.3 Å². The van der Waals surface area contributed by atoms with Crippen LogP contribution in [0.4, 0.5) is 5.69 Å². The zero-order valence-electron chi connectivity index (χ0n) is 7.13. The van der Waals surface area contributed by atoms with E-state index < -0.39 is 15.0 Å². The highest BCUT2D eigenvalue weighted by Gasteiger charge is 2.23. The van der Waals surface area contributed by atoms with E-state index >= 15 is 0 Å². The molecule has 8 heteroatoms. The van der Waals surface area contributed by atoms with Gasteiger partial charge in [-0.25, -0.2) is 0 Å². The molecule has 0 fully saturated rings. The molecular weight excluding hydrogens is 230 g/mol. The lowest BCUT2D eigenvalue weighted by molar-refractivity contribution is -0.385. The first kappa shape index (κ1) is 11.1. The highest BCUT2D eigenvalue weighted by molar-refractivity contribution is 7.88. The van der Waals surface area contributed by atoms with Crippen molar-refractivity contribution in [2.45, 2.75) is 17.6 Å². The van der Waals surface area contributed by atoms with Gasteiger partial charge in [-0.2, -0.15) is 8.42 Å². The maximum atomic E-state index is 10.7. The quantitative estimate of drug-likeness (QED) is 0.487. The minimum absolute atomic E-state index is 0.259. The van der Waals surface area contributed by atoms with Gasteiger partial charge in [0, 0.05) is 6.07 Å². The zero-order chi connectivity index (χ0) is 10.9. The molecule has 0 saturated carbocycles. The number of hydrogen-bond acceptors (Lipinski definition) is 5. The molecule has 1 aromatic heterocycles. The normalized spacial score (nSPS) is 11.6. The van der Waals surface area contributed by atoms with Crippen LogP contribution in [0.15, 0.2) is 10.3 Å². The molecule has 0 saturated heterocycles. The van der Waals surface area contributed by atoms with Crippen LogP contribution in [-0.4, -0.2) is 17.9 Å². The molecule has 1 aromatic rings. The van der Waals surface area contributed by atoms with Gasteiger partial charge < -0.3 is 0 Å². The Morgan fingerprint density at radius 1 is 1.64 bits per heavy atom. The van der Waals surface area contributed by atoms with Crippen molar-refractivity contribution < 1.29 is 17.9 Å². The molecule has 0 unspecified atom stereocenters. The van der Waals surface area contributed by atoms with Crippen molar-refractivity contribution in [2.75, 3.05) is 0 Å². The van der Waals surface area contributed by atoms with Crippen molar-refractivity contribution in [1.29, 1.82) is 0 Å². The molecule has 78 valence electrons. The van der Waals surface area contributed by atoms with E-state index in [1.54, 1.807) is 6.92 Å². The summed E-state index contributed by atoms with van der Waals surface area (Å²) >= 11 is 0.715. The standard InChI is InChI=1S/C6H7NO5S2/c1-2-5-4(7(8)9)3-6(13-5)14(10,11)12/h3H,2H2,1H3,(H,10,11,12). The van der Waals surface area contributed by atoms with Gasteiger partial charge in [-0.05, 0) is 6.42 Å². The number of rotatable bonds is 3. The molecule has 1 N–H and O–H groups in total. The Morgan fingerprint density at radius 3 is 2.50 bits per heavy atom. The van der Waals surface area contributed by atoms with Gasteiger partial charge in [0.15, 0.2) is 4.21 Å². The molecule has 0 spiro atoms. The van der Waals surface area contributed by atoms with E-state index in [1.165, 1.54) is 0 Å². The molecule has 1 heterocycles. The third-order valence-corrected chi connectivity index (χ3v) is 4.11. The highest BCUT2D eigenvalue weighted by atomic mass is 32.3. The largest absolute Gasteiger partial charge is 0.304 e. The van der Waals surface area contributed by atoms with E-state index in [0.717, 1.165) is 6.07 Å². The third-order valence-electron chi connectivity index (χ3n) is 1.54. The lowest BCUT2D eigenvalue weighted by Gasteiger charge is -1.88. The van der Waals surface area contributed by atoms with Crippen LogP contribution in [0.25, 0.3) is 0 Å². The molecule has 0 aliphatic carbocycles. The fourth-order valence-electron chi connectivity index (χ4n) is 0.930. The number of nitrogens with zero attached hydrogens (tertiary/aromatic N) is 1. The topological polar surface area (TPSA) is 97.5 Å². The number of hydrogen-bond donors (Lipinski definition) is 1. The van der Waals surface area contributed by atoms with Gasteiger partial charge in [0.2, 0.25) is 0 Å². The molecule has 0 bridgehead atoms. The van der Waals surface area contributed by atoms with Crippen LogP contribution in [0.1, 0.15) is 11.8 Å². The molecule has 0 atom stereocenters. The second-order valence-corrected chi connectivity index (χ2v) is 5.24. The van der Waals surface area contributed by atoms with E-state index in [0.29, 0.717) is 22.6 Å². The summed E-state index contributed by atoms with van der Waals surface area (Å²) in [4.78, 5) is 10.1. The summed E-state index contributed by atoms with van der Waals surface area (Å²) in [7, 11) is -4.33. The molecule has 14 heavy (non-hydrogen) atoms. The van der Waals surface area contributed by atoms with Crippen LogP contribution in [0.5, 0.6) is 0 Å². The molecule has 0 amide bonds. The van der Waals surface area contributed by atoms with Gasteiger partial charge in [0.05, 0.1) is 9.80 Å². The first-order valence-corrected chi connectivity index (χ1v) is 5.86. The van der Waals surface area contributed by atoms with Gasteiger partial charge in [0.25, 0.3) is 5.69 Å². The SMILES string of the molecule is CCc1sc(S(=O)(=O)O)cc1[N+](=O)[O-].